The molecule has 0 bridgehead atoms. The fourth-order valence-electron chi connectivity index (χ4n) is 4.93. The van der Waals surface area contributed by atoms with Gasteiger partial charge in [0.05, 0.1) is 29.0 Å². The summed E-state index contributed by atoms with van der Waals surface area (Å²) in [5, 5.41) is 5.90. The van der Waals surface area contributed by atoms with Gasteiger partial charge in [0, 0.05) is 23.3 Å². The van der Waals surface area contributed by atoms with Crippen molar-refractivity contribution in [3.05, 3.63) is 72.0 Å². The van der Waals surface area contributed by atoms with E-state index in [1.807, 2.05) is 0 Å². The van der Waals surface area contributed by atoms with Crippen LogP contribution >= 0.6 is 0 Å². The molecular weight excluding hydrogens is 534 g/mol. The summed E-state index contributed by atoms with van der Waals surface area (Å²) in [5.41, 5.74) is -0.0713. The summed E-state index contributed by atoms with van der Waals surface area (Å²) in [6.07, 6.45) is 1.41. The zero-order chi connectivity index (χ0) is 28.3. The summed E-state index contributed by atoms with van der Waals surface area (Å²) in [6, 6.07) is 5.07. The number of nitrogens with one attached hydrogen (secondary N) is 2. The summed E-state index contributed by atoms with van der Waals surface area (Å²) in [6.45, 7) is 2.20. The van der Waals surface area contributed by atoms with E-state index in [1.54, 1.807) is 12.1 Å². The first-order valence-corrected chi connectivity index (χ1v) is 13.1. The maximum atomic E-state index is 13.7. The Morgan fingerprint density at radius 2 is 1.70 bits per heavy atom. The van der Waals surface area contributed by atoms with Gasteiger partial charge in [0.1, 0.15) is 17.7 Å². The van der Waals surface area contributed by atoms with Crippen molar-refractivity contribution in [3.63, 3.8) is 0 Å². The number of fused-ring (bicyclic) bond motifs is 1. The molecule has 12 heteroatoms. The molecule has 4 heterocycles. The van der Waals surface area contributed by atoms with Gasteiger partial charge >= 0.3 is 12.4 Å². The van der Waals surface area contributed by atoms with Crippen molar-refractivity contribution in [1.29, 1.82) is 0 Å². The molecule has 2 aliphatic heterocycles. The molecule has 1 fully saturated rings. The molecule has 0 spiro atoms. The van der Waals surface area contributed by atoms with Crippen molar-refractivity contribution in [2.24, 2.45) is 0 Å². The Kier molecular flexibility index (Phi) is 7.97. The molecule has 212 valence electrons. The number of anilines is 1. The SMILES string of the molecule is FC(F)(F)c1cccnc1-c1ccc2c(NC3=CNC(C(F)(F)F)C=C3)nc(CN3CCCCCCC3)nc2c1. The first-order valence-electron chi connectivity index (χ1n) is 13.1. The molecule has 2 aliphatic rings. The van der Waals surface area contributed by atoms with E-state index in [-0.39, 0.29) is 11.3 Å². The zero-order valence-electron chi connectivity index (χ0n) is 21.5. The average Bonchev–Trinajstić information content (AvgIpc) is 2.89. The zero-order valence-corrected chi connectivity index (χ0v) is 21.5. The predicted molar refractivity (Wildman–Crippen MR) is 140 cm³/mol. The predicted octanol–water partition coefficient (Wildman–Crippen LogP) is 6.82. The second-order valence-electron chi connectivity index (χ2n) is 9.93. The van der Waals surface area contributed by atoms with E-state index in [0.717, 1.165) is 50.9 Å². The van der Waals surface area contributed by atoms with Crippen LogP contribution in [0.2, 0.25) is 0 Å². The number of nitrogens with zero attached hydrogens (tertiary/aromatic N) is 4. The maximum Gasteiger partial charge on any atom is 0.418 e. The number of allylic oxidation sites excluding steroid dienone is 1. The Morgan fingerprint density at radius 1 is 0.950 bits per heavy atom. The Labute approximate surface area is 227 Å². The summed E-state index contributed by atoms with van der Waals surface area (Å²) in [5.74, 6) is 0.810. The fraction of sp³-hybridized carbons (Fsp3) is 0.393. The van der Waals surface area contributed by atoms with Gasteiger partial charge in [0.2, 0.25) is 0 Å². The Balaban J connectivity index is 1.52. The fourth-order valence-corrected chi connectivity index (χ4v) is 4.93. The third-order valence-corrected chi connectivity index (χ3v) is 6.95. The van der Waals surface area contributed by atoms with Crippen LogP contribution in [-0.4, -0.2) is 45.2 Å². The number of likely N-dealkylation sites (tertiary alicyclic amines) is 1. The van der Waals surface area contributed by atoms with Crippen molar-refractivity contribution < 1.29 is 26.3 Å². The van der Waals surface area contributed by atoms with Crippen LogP contribution in [0.3, 0.4) is 0 Å². The normalized spacial score (nSPS) is 19.1. The lowest BCUT2D eigenvalue weighted by molar-refractivity contribution is -0.142. The van der Waals surface area contributed by atoms with E-state index < -0.39 is 24.0 Å². The molecule has 0 saturated carbocycles. The standard InChI is InChI=1S/C28H28F6N6/c29-27(30,31)21-7-6-12-35-25(21)18-8-10-20-22(15-18)38-24(17-40-13-4-2-1-3-5-14-40)39-26(20)37-19-9-11-23(36-16-19)28(32,33)34/h6-12,15-16,23,36H,1-5,13-14,17H2,(H,37,38,39). The van der Waals surface area contributed by atoms with Crippen molar-refractivity contribution in [2.45, 2.75) is 57.0 Å². The van der Waals surface area contributed by atoms with Crippen molar-refractivity contribution in [3.8, 4) is 11.3 Å². The number of pyridine rings is 1. The number of dihydropyridines is 1. The molecule has 2 N–H and O–H groups in total. The highest BCUT2D eigenvalue weighted by Crippen LogP contribution is 2.37. The third-order valence-electron chi connectivity index (χ3n) is 6.95. The van der Waals surface area contributed by atoms with Crippen molar-refractivity contribution >= 4 is 16.7 Å². The average molecular weight is 563 g/mol. The molecule has 0 amide bonds. The van der Waals surface area contributed by atoms with E-state index in [0.29, 0.717) is 34.8 Å². The number of hydrogen-bond acceptors (Lipinski definition) is 6. The molecule has 2 aromatic heterocycles. The van der Waals surface area contributed by atoms with Crippen LogP contribution in [0, 0.1) is 0 Å². The number of rotatable bonds is 5. The van der Waals surface area contributed by atoms with Crippen molar-refractivity contribution in [2.75, 3.05) is 18.4 Å². The molecule has 6 nitrogen and oxygen atoms in total. The van der Waals surface area contributed by atoms with Gasteiger partial charge in [0.25, 0.3) is 0 Å². The molecule has 1 saturated heterocycles. The quantitative estimate of drug-likeness (QED) is 0.333. The van der Waals surface area contributed by atoms with E-state index >= 15 is 0 Å². The highest BCUT2D eigenvalue weighted by atomic mass is 19.4. The molecule has 1 aromatic carbocycles. The van der Waals surface area contributed by atoms with Crippen LogP contribution < -0.4 is 10.6 Å². The van der Waals surface area contributed by atoms with Gasteiger partial charge in [-0.1, -0.05) is 31.4 Å². The summed E-state index contributed by atoms with van der Waals surface area (Å²) >= 11 is 0. The van der Waals surface area contributed by atoms with Gasteiger partial charge in [-0.05, 0) is 56.3 Å². The largest absolute Gasteiger partial charge is 0.418 e. The van der Waals surface area contributed by atoms with Gasteiger partial charge < -0.3 is 10.6 Å². The lowest BCUT2D eigenvalue weighted by atomic mass is 10.0. The molecule has 5 rings (SSSR count). The third kappa shape index (κ3) is 6.55. The van der Waals surface area contributed by atoms with E-state index in [9.17, 15) is 26.3 Å². The number of halogens is 6. The topological polar surface area (TPSA) is 66.0 Å². The van der Waals surface area contributed by atoms with Crippen LogP contribution in [0.5, 0.6) is 0 Å². The Hall–Kier alpha value is -3.67. The van der Waals surface area contributed by atoms with Gasteiger partial charge in [-0.3, -0.25) is 9.88 Å². The second-order valence-corrected chi connectivity index (χ2v) is 9.93. The monoisotopic (exact) mass is 562 g/mol. The van der Waals surface area contributed by atoms with Gasteiger partial charge in [0.15, 0.2) is 0 Å². The minimum absolute atomic E-state index is 0.212. The molecule has 1 unspecified atom stereocenters. The summed E-state index contributed by atoms with van der Waals surface area (Å²) < 4.78 is 80.2. The lowest BCUT2D eigenvalue weighted by Gasteiger charge is -2.24. The second kappa shape index (κ2) is 11.4. The molecule has 0 radical (unpaired) electrons. The molecule has 0 aliphatic carbocycles. The van der Waals surface area contributed by atoms with Crippen molar-refractivity contribution in [1.82, 2.24) is 25.2 Å². The molecule has 1 atom stereocenters. The van der Waals surface area contributed by atoms with Gasteiger partial charge in [-0.2, -0.15) is 26.3 Å². The first kappa shape index (κ1) is 27.9. The van der Waals surface area contributed by atoms with E-state index in [2.05, 4.69) is 25.5 Å². The van der Waals surface area contributed by atoms with Gasteiger partial charge in [-0.25, -0.2) is 9.97 Å². The van der Waals surface area contributed by atoms with E-state index in [1.165, 1.54) is 37.0 Å². The van der Waals surface area contributed by atoms with Crippen LogP contribution in [0.25, 0.3) is 22.2 Å². The van der Waals surface area contributed by atoms with Gasteiger partial charge in [-0.15, -0.1) is 0 Å². The Morgan fingerprint density at radius 3 is 2.38 bits per heavy atom. The minimum Gasteiger partial charge on any atom is -0.375 e. The number of aromatic nitrogens is 3. The molecule has 40 heavy (non-hydrogen) atoms. The van der Waals surface area contributed by atoms with Crippen LogP contribution in [0.4, 0.5) is 32.2 Å². The smallest absolute Gasteiger partial charge is 0.375 e. The summed E-state index contributed by atoms with van der Waals surface area (Å²) in [7, 11) is 0. The molecular formula is C28H28F6N6. The van der Waals surface area contributed by atoms with Crippen LogP contribution in [0.15, 0.2) is 60.6 Å². The highest BCUT2D eigenvalue weighted by molar-refractivity contribution is 5.92. The molecule has 3 aromatic rings. The minimum atomic E-state index is -4.59. The van der Waals surface area contributed by atoms with E-state index in [4.69, 9.17) is 4.98 Å². The first-order chi connectivity index (χ1) is 19.1. The lowest BCUT2D eigenvalue weighted by Crippen LogP contribution is -2.39. The van der Waals surface area contributed by atoms with Crippen LogP contribution in [-0.2, 0) is 12.7 Å². The highest BCUT2D eigenvalue weighted by Gasteiger charge is 2.38. The number of alkyl halides is 6. The number of benzene rings is 1. The number of hydrogen-bond donors (Lipinski definition) is 2. The van der Waals surface area contributed by atoms with Crippen LogP contribution in [0.1, 0.15) is 43.5 Å². The maximum absolute atomic E-state index is 13.7. The summed E-state index contributed by atoms with van der Waals surface area (Å²) in [4.78, 5) is 15.6. The Bertz CT molecular complexity index is 1410.